The van der Waals surface area contributed by atoms with Crippen molar-refractivity contribution < 1.29 is 4.74 Å². The minimum Gasteiger partial charge on any atom is -0.374 e. The molecule has 1 unspecified atom stereocenters. The van der Waals surface area contributed by atoms with E-state index in [9.17, 15) is 0 Å². The summed E-state index contributed by atoms with van der Waals surface area (Å²) in [6, 6.07) is 0.205. The Labute approximate surface area is 115 Å². The van der Waals surface area contributed by atoms with E-state index in [1.54, 1.807) is 7.05 Å². The lowest BCUT2D eigenvalue weighted by Crippen LogP contribution is -2.53. The van der Waals surface area contributed by atoms with Crippen molar-refractivity contribution >= 4 is 0 Å². The molecule has 0 bridgehead atoms. The van der Waals surface area contributed by atoms with E-state index in [4.69, 9.17) is 4.74 Å². The Bertz CT molecular complexity index is 362. The van der Waals surface area contributed by atoms with Crippen LogP contribution in [0.2, 0.25) is 0 Å². The second kappa shape index (κ2) is 7.55. The number of hydrogen-bond donors (Lipinski definition) is 1. The summed E-state index contributed by atoms with van der Waals surface area (Å²) in [6.45, 7) is 10.1. The summed E-state index contributed by atoms with van der Waals surface area (Å²) in [5.74, 6) is 0.763. The Balaban J connectivity index is 2.89. The third-order valence-electron chi connectivity index (χ3n) is 3.65. The van der Waals surface area contributed by atoms with E-state index in [1.165, 1.54) is 4.80 Å². The van der Waals surface area contributed by atoms with Crippen LogP contribution in [0, 0.1) is 0 Å². The monoisotopic (exact) mass is 269 g/mol. The van der Waals surface area contributed by atoms with Crippen molar-refractivity contribution in [2.45, 2.75) is 58.6 Å². The molecule has 1 N–H and O–H groups in total. The zero-order valence-corrected chi connectivity index (χ0v) is 12.8. The number of tetrazole rings is 1. The van der Waals surface area contributed by atoms with E-state index in [0.717, 1.165) is 38.2 Å². The predicted octanol–water partition coefficient (Wildman–Crippen LogP) is 1.33. The van der Waals surface area contributed by atoms with Crippen LogP contribution in [-0.4, -0.2) is 45.0 Å². The number of nitrogens with one attached hydrogen (secondary N) is 1. The summed E-state index contributed by atoms with van der Waals surface area (Å²) < 4.78 is 6.08. The van der Waals surface area contributed by atoms with Crippen LogP contribution in [0.5, 0.6) is 0 Å². The molecule has 0 aliphatic heterocycles. The maximum atomic E-state index is 6.08. The summed E-state index contributed by atoms with van der Waals surface area (Å²) in [4.78, 5) is 1.50. The number of ether oxygens (including phenoxy) is 1. The first-order valence-electron chi connectivity index (χ1n) is 7.22. The van der Waals surface area contributed by atoms with Crippen molar-refractivity contribution in [3.63, 3.8) is 0 Å². The van der Waals surface area contributed by atoms with Gasteiger partial charge in [0.25, 0.3) is 0 Å². The molecular formula is C13H27N5O. The largest absolute Gasteiger partial charge is 0.374 e. The quantitative estimate of drug-likeness (QED) is 0.732. The van der Waals surface area contributed by atoms with Gasteiger partial charge in [-0.05, 0) is 31.5 Å². The lowest BCUT2D eigenvalue weighted by Gasteiger charge is -2.39. The Hall–Kier alpha value is -1.01. The van der Waals surface area contributed by atoms with E-state index in [-0.39, 0.29) is 11.6 Å². The molecule has 1 heterocycles. The third-order valence-corrected chi connectivity index (χ3v) is 3.65. The molecule has 6 heteroatoms. The first kappa shape index (κ1) is 16.0. The number of likely N-dealkylation sites (N-methyl/N-ethyl adjacent to an activating group) is 1. The topological polar surface area (TPSA) is 64.9 Å². The lowest BCUT2D eigenvalue weighted by molar-refractivity contribution is -0.0719. The maximum Gasteiger partial charge on any atom is 0.176 e. The average Bonchev–Trinajstić information content (AvgIpc) is 2.81. The molecule has 0 aliphatic rings. The summed E-state index contributed by atoms with van der Waals surface area (Å²) in [5.41, 5.74) is -0.163. The van der Waals surface area contributed by atoms with Crippen molar-refractivity contribution in [2.24, 2.45) is 7.05 Å². The van der Waals surface area contributed by atoms with Crippen molar-refractivity contribution in [3.05, 3.63) is 5.82 Å². The summed E-state index contributed by atoms with van der Waals surface area (Å²) >= 11 is 0. The van der Waals surface area contributed by atoms with Crippen LogP contribution in [-0.2, 0) is 18.2 Å². The molecule has 1 aromatic heterocycles. The van der Waals surface area contributed by atoms with Gasteiger partial charge in [-0.1, -0.05) is 20.8 Å². The molecule has 0 aliphatic carbocycles. The van der Waals surface area contributed by atoms with Crippen molar-refractivity contribution in [1.29, 1.82) is 0 Å². The summed E-state index contributed by atoms with van der Waals surface area (Å²) in [7, 11) is 1.79. The fourth-order valence-electron chi connectivity index (χ4n) is 2.61. The minimum absolute atomic E-state index is 0.163. The molecule has 1 aromatic rings. The van der Waals surface area contributed by atoms with Gasteiger partial charge < -0.3 is 10.1 Å². The fraction of sp³-hybridized carbons (Fsp3) is 0.923. The minimum atomic E-state index is -0.163. The van der Waals surface area contributed by atoms with Crippen LogP contribution in [0.1, 0.15) is 46.4 Å². The van der Waals surface area contributed by atoms with Gasteiger partial charge in [0.15, 0.2) is 5.82 Å². The van der Waals surface area contributed by atoms with Gasteiger partial charge in [-0.15, -0.1) is 10.2 Å². The van der Waals surface area contributed by atoms with E-state index >= 15 is 0 Å². The summed E-state index contributed by atoms with van der Waals surface area (Å²) in [5, 5.41) is 15.8. The Morgan fingerprint density at radius 2 is 1.95 bits per heavy atom. The molecule has 0 spiro atoms. The van der Waals surface area contributed by atoms with Crippen molar-refractivity contribution in [3.8, 4) is 0 Å². The number of aryl methyl sites for hydroxylation is 1. The fourth-order valence-corrected chi connectivity index (χ4v) is 2.61. The van der Waals surface area contributed by atoms with Crippen LogP contribution in [0.25, 0.3) is 0 Å². The predicted molar refractivity (Wildman–Crippen MR) is 74.9 cm³/mol. The van der Waals surface area contributed by atoms with Crippen molar-refractivity contribution in [2.75, 3.05) is 13.2 Å². The third kappa shape index (κ3) is 3.98. The smallest absolute Gasteiger partial charge is 0.176 e. The van der Waals surface area contributed by atoms with Crippen LogP contribution < -0.4 is 5.32 Å². The Morgan fingerprint density at radius 3 is 2.37 bits per heavy atom. The molecule has 0 aromatic carbocycles. The average molecular weight is 269 g/mol. The van der Waals surface area contributed by atoms with Gasteiger partial charge in [0.2, 0.25) is 0 Å². The zero-order valence-electron chi connectivity index (χ0n) is 12.8. The molecule has 1 rings (SSSR count). The molecule has 0 fully saturated rings. The Kier molecular flexibility index (Phi) is 6.37. The van der Waals surface area contributed by atoms with Gasteiger partial charge in [-0.25, -0.2) is 0 Å². The molecule has 110 valence electrons. The maximum absolute atomic E-state index is 6.08. The highest BCUT2D eigenvalue weighted by atomic mass is 16.5. The van der Waals surface area contributed by atoms with Crippen LogP contribution >= 0.6 is 0 Å². The standard InChI is InChI=1S/C13H27N5O/c1-6-13(7-2,19-9-4)11(14-8-3)10-12-15-17-18(5)16-12/h11,14H,6-10H2,1-5H3. The second-order valence-corrected chi connectivity index (χ2v) is 4.71. The van der Waals surface area contributed by atoms with Crippen LogP contribution in [0.15, 0.2) is 0 Å². The second-order valence-electron chi connectivity index (χ2n) is 4.71. The first-order valence-corrected chi connectivity index (χ1v) is 7.22. The van der Waals surface area contributed by atoms with Gasteiger partial charge in [0.05, 0.1) is 12.6 Å². The molecular weight excluding hydrogens is 242 g/mol. The first-order chi connectivity index (χ1) is 9.11. The zero-order chi connectivity index (χ0) is 14.3. The normalized spacial score (nSPS) is 13.7. The molecule has 0 radical (unpaired) electrons. The van der Waals surface area contributed by atoms with Crippen LogP contribution in [0.3, 0.4) is 0 Å². The van der Waals surface area contributed by atoms with Crippen molar-refractivity contribution in [1.82, 2.24) is 25.5 Å². The molecule has 0 saturated carbocycles. The van der Waals surface area contributed by atoms with Gasteiger partial charge in [-0.3, -0.25) is 0 Å². The van der Waals surface area contributed by atoms with E-state index in [1.807, 2.05) is 6.92 Å². The SMILES string of the molecule is CCNC(Cc1nnn(C)n1)C(CC)(CC)OCC. The Morgan fingerprint density at radius 1 is 1.26 bits per heavy atom. The number of aromatic nitrogens is 4. The number of rotatable bonds is 9. The van der Waals surface area contributed by atoms with E-state index in [2.05, 4.69) is 41.5 Å². The number of nitrogens with zero attached hydrogens (tertiary/aromatic N) is 4. The highest BCUT2D eigenvalue weighted by molar-refractivity contribution is 4.97. The van der Waals surface area contributed by atoms with Crippen LogP contribution in [0.4, 0.5) is 0 Å². The molecule has 1 atom stereocenters. The summed E-state index contributed by atoms with van der Waals surface area (Å²) in [6.07, 6.45) is 2.67. The molecule has 19 heavy (non-hydrogen) atoms. The van der Waals surface area contributed by atoms with Gasteiger partial charge >= 0.3 is 0 Å². The van der Waals surface area contributed by atoms with E-state index in [0.29, 0.717) is 0 Å². The van der Waals surface area contributed by atoms with E-state index < -0.39 is 0 Å². The number of hydrogen-bond acceptors (Lipinski definition) is 5. The highest BCUT2D eigenvalue weighted by Crippen LogP contribution is 2.26. The van der Waals surface area contributed by atoms with Gasteiger partial charge in [0, 0.05) is 19.1 Å². The highest BCUT2D eigenvalue weighted by Gasteiger charge is 2.36. The molecule has 0 saturated heterocycles. The van der Waals surface area contributed by atoms with Gasteiger partial charge in [0.1, 0.15) is 0 Å². The molecule has 6 nitrogen and oxygen atoms in total. The van der Waals surface area contributed by atoms with Gasteiger partial charge in [-0.2, -0.15) is 4.80 Å². The molecule has 0 amide bonds. The lowest BCUT2D eigenvalue weighted by atomic mass is 9.85.